The average Bonchev–Trinajstić information content (AvgIpc) is 3.37. The van der Waals surface area contributed by atoms with Crippen LogP contribution in [0.4, 0.5) is 0 Å². The van der Waals surface area contributed by atoms with Gasteiger partial charge in [0.25, 0.3) is 5.91 Å². The number of hydrogen-bond donors (Lipinski definition) is 6. The maximum Gasteiger partial charge on any atom is 0.255 e. The predicted octanol–water partition coefficient (Wildman–Crippen LogP) is 1.90. The van der Waals surface area contributed by atoms with Crippen LogP contribution in [0.5, 0.6) is 5.75 Å². The van der Waals surface area contributed by atoms with Gasteiger partial charge >= 0.3 is 0 Å². The SMILES string of the molecule is CN(C)[C@@H]1C(=O)C(C(N)=O)=C(O)[C@@]2(O)C(=O)C3=C(O)c4c(O)cc(CNCC5CCCC5)c(Cl)c4C[C@H]3C[C@@H]12. The molecule has 210 valence electrons. The number of aliphatic hydroxyl groups excluding tert-OH is 2. The van der Waals surface area contributed by atoms with E-state index in [-0.39, 0.29) is 29.7 Å². The van der Waals surface area contributed by atoms with Gasteiger partial charge in [-0.25, -0.2) is 0 Å². The second-order valence-corrected chi connectivity index (χ2v) is 11.8. The highest BCUT2D eigenvalue weighted by atomic mass is 35.5. The summed E-state index contributed by atoms with van der Waals surface area (Å²) >= 11 is 6.79. The van der Waals surface area contributed by atoms with Gasteiger partial charge in [-0.05, 0) is 75.4 Å². The van der Waals surface area contributed by atoms with Crippen molar-refractivity contribution >= 4 is 34.8 Å². The van der Waals surface area contributed by atoms with Crippen LogP contribution in [0, 0.1) is 17.8 Å². The summed E-state index contributed by atoms with van der Waals surface area (Å²) < 4.78 is 0. The van der Waals surface area contributed by atoms with Gasteiger partial charge in [0.1, 0.15) is 22.8 Å². The number of halogens is 1. The smallest absolute Gasteiger partial charge is 0.255 e. The summed E-state index contributed by atoms with van der Waals surface area (Å²) in [5.41, 5.74) is 2.79. The molecule has 5 rings (SSSR count). The summed E-state index contributed by atoms with van der Waals surface area (Å²) in [7, 11) is 3.13. The van der Waals surface area contributed by atoms with Crippen LogP contribution in [-0.2, 0) is 27.3 Å². The zero-order valence-electron chi connectivity index (χ0n) is 22.0. The Morgan fingerprint density at radius 1 is 1.21 bits per heavy atom. The monoisotopic (exact) mass is 559 g/mol. The number of phenols is 1. The first-order chi connectivity index (χ1) is 18.4. The highest BCUT2D eigenvalue weighted by Crippen LogP contribution is 2.53. The van der Waals surface area contributed by atoms with Crippen LogP contribution >= 0.6 is 11.6 Å². The largest absolute Gasteiger partial charge is 0.508 e. The van der Waals surface area contributed by atoms with Crippen LogP contribution < -0.4 is 11.1 Å². The first kappa shape index (κ1) is 27.6. The van der Waals surface area contributed by atoms with Crippen molar-refractivity contribution in [1.29, 1.82) is 0 Å². The standard InChI is InChI=1S/C28H34ClN3O7/c1-32(2)22-16-8-13-7-15-19(17(33)9-14(21(15)29)11-31-10-12-5-3-4-6-12)23(34)18(13)25(36)28(16,39)26(37)20(24(22)35)27(30)38/h9,12-13,16,22,31,33-34,37,39H,3-8,10-11H2,1-2H3,(H2,30,38)/t13-,16-,22-,28-/m0/s1. The number of Topliss-reactive ketones (excluding diaryl/α,β-unsaturated/α-hetero) is 2. The van der Waals surface area contributed by atoms with Crippen molar-refractivity contribution in [2.45, 2.75) is 56.7 Å². The first-order valence-corrected chi connectivity index (χ1v) is 13.7. The number of likely N-dealkylation sites (N-methyl/N-ethyl adjacent to an activating group) is 1. The fourth-order valence-electron chi connectivity index (χ4n) is 7.10. The van der Waals surface area contributed by atoms with Gasteiger partial charge in [0.15, 0.2) is 11.4 Å². The number of primary amides is 1. The van der Waals surface area contributed by atoms with E-state index in [2.05, 4.69) is 5.32 Å². The van der Waals surface area contributed by atoms with Crippen molar-refractivity contribution in [3.63, 3.8) is 0 Å². The number of aromatic hydroxyl groups is 1. The number of ketones is 2. The summed E-state index contributed by atoms with van der Waals surface area (Å²) in [6.45, 7) is 1.26. The predicted molar refractivity (Wildman–Crippen MR) is 143 cm³/mol. The highest BCUT2D eigenvalue weighted by molar-refractivity contribution is 6.32. The number of rotatable bonds is 6. The summed E-state index contributed by atoms with van der Waals surface area (Å²) in [6, 6.07) is 0.326. The van der Waals surface area contributed by atoms with E-state index in [9.17, 15) is 34.8 Å². The van der Waals surface area contributed by atoms with E-state index in [0.29, 0.717) is 28.6 Å². The van der Waals surface area contributed by atoms with Crippen LogP contribution in [0.3, 0.4) is 0 Å². The Bertz CT molecular complexity index is 1330. The van der Waals surface area contributed by atoms with E-state index in [1.54, 1.807) is 14.1 Å². The third-order valence-corrected chi connectivity index (χ3v) is 9.42. The molecule has 0 unspecified atom stereocenters. The van der Waals surface area contributed by atoms with Crippen LogP contribution in [0.1, 0.15) is 48.8 Å². The lowest BCUT2D eigenvalue weighted by Crippen LogP contribution is -2.65. The Hall–Kier alpha value is -2.92. The fraction of sp³-hybridized carbons (Fsp3) is 0.536. The van der Waals surface area contributed by atoms with Crippen LogP contribution in [-0.4, -0.2) is 75.1 Å². The molecule has 0 saturated heterocycles. The zero-order chi connectivity index (χ0) is 28.4. The van der Waals surface area contributed by atoms with Crippen molar-refractivity contribution in [1.82, 2.24) is 10.2 Å². The number of hydrogen-bond acceptors (Lipinski definition) is 9. The topological polar surface area (TPSA) is 173 Å². The minimum absolute atomic E-state index is 0.00386. The number of aliphatic hydroxyl groups is 3. The molecule has 39 heavy (non-hydrogen) atoms. The molecule has 4 atom stereocenters. The van der Waals surface area contributed by atoms with Gasteiger partial charge in [-0.15, -0.1) is 0 Å². The van der Waals surface area contributed by atoms with Crippen molar-refractivity contribution < 1.29 is 34.8 Å². The molecular weight excluding hydrogens is 526 g/mol. The second-order valence-electron chi connectivity index (χ2n) is 11.5. The summed E-state index contributed by atoms with van der Waals surface area (Å²) in [6.07, 6.45) is 5.01. The Kier molecular flexibility index (Phi) is 7.03. The molecule has 2 saturated carbocycles. The average molecular weight is 560 g/mol. The third-order valence-electron chi connectivity index (χ3n) is 8.95. The number of phenolic OH excluding ortho intramolecular Hbond substituents is 1. The van der Waals surface area contributed by atoms with E-state index in [4.69, 9.17) is 17.3 Å². The maximum absolute atomic E-state index is 13.9. The Morgan fingerprint density at radius 2 is 1.87 bits per heavy atom. The number of fused-ring (bicyclic) bond motifs is 3. The molecule has 2 fully saturated rings. The molecule has 0 aromatic heterocycles. The number of amides is 1. The zero-order valence-corrected chi connectivity index (χ0v) is 22.7. The van der Waals surface area contributed by atoms with Crippen molar-refractivity contribution in [2.24, 2.45) is 23.5 Å². The van der Waals surface area contributed by atoms with Crippen molar-refractivity contribution in [3.05, 3.63) is 44.7 Å². The van der Waals surface area contributed by atoms with Gasteiger partial charge in [0, 0.05) is 23.1 Å². The molecule has 11 heteroatoms. The second kappa shape index (κ2) is 9.92. The normalized spacial score (nSPS) is 29.1. The molecule has 4 aliphatic rings. The van der Waals surface area contributed by atoms with E-state index in [0.717, 1.165) is 6.54 Å². The van der Waals surface area contributed by atoms with E-state index < -0.39 is 58.0 Å². The van der Waals surface area contributed by atoms with Crippen molar-refractivity contribution in [2.75, 3.05) is 20.6 Å². The lowest BCUT2D eigenvalue weighted by Gasteiger charge is -2.50. The van der Waals surface area contributed by atoms with E-state index in [1.165, 1.54) is 36.6 Å². The molecule has 10 nitrogen and oxygen atoms in total. The lowest BCUT2D eigenvalue weighted by atomic mass is 9.57. The maximum atomic E-state index is 13.9. The Labute approximate surface area is 231 Å². The minimum Gasteiger partial charge on any atom is -0.508 e. The molecule has 1 amide bonds. The summed E-state index contributed by atoms with van der Waals surface area (Å²) in [5.74, 6) is -6.18. The molecule has 4 aliphatic carbocycles. The minimum atomic E-state index is -2.66. The number of nitrogens with one attached hydrogen (secondary N) is 1. The van der Waals surface area contributed by atoms with Gasteiger partial charge < -0.3 is 31.5 Å². The molecule has 0 radical (unpaired) electrons. The number of nitrogens with two attached hydrogens (primary N) is 1. The first-order valence-electron chi connectivity index (χ1n) is 13.3. The summed E-state index contributed by atoms with van der Waals surface area (Å²) in [5, 5.41) is 48.5. The third kappa shape index (κ3) is 4.16. The summed E-state index contributed by atoms with van der Waals surface area (Å²) in [4.78, 5) is 40.6. The van der Waals surface area contributed by atoms with Gasteiger partial charge in [-0.1, -0.05) is 24.4 Å². The molecule has 0 heterocycles. The van der Waals surface area contributed by atoms with Crippen LogP contribution in [0.25, 0.3) is 5.76 Å². The Morgan fingerprint density at radius 3 is 2.49 bits per heavy atom. The number of carbonyl (C=O) groups is 3. The molecular formula is C28H34ClN3O7. The number of carbonyl (C=O) groups excluding carboxylic acids is 3. The molecule has 0 aliphatic heterocycles. The number of nitrogens with zero attached hydrogens (tertiary/aromatic N) is 1. The van der Waals surface area contributed by atoms with Gasteiger partial charge in [-0.3, -0.25) is 19.3 Å². The van der Waals surface area contributed by atoms with Crippen LogP contribution in [0.2, 0.25) is 5.02 Å². The fourth-order valence-corrected chi connectivity index (χ4v) is 7.39. The van der Waals surface area contributed by atoms with Crippen LogP contribution in [0.15, 0.2) is 23.0 Å². The van der Waals surface area contributed by atoms with Crippen molar-refractivity contribution in [3.8, 4) is 5.75 Å². The highest BCUT2D eigenvalue weighted by Gasteiger charge is 2.64. The van der Waals surface area contributed by atoms with Gasteiger partial charge in [0.05, 0.1) is 11.6 Å². The van der Waals surface area contributed by atoms with E-state index >= 15 is 0 Å². The van der Waals surface area contributed by atoms with Gasteiger partial charge in [0.2, 0.25) is 5.78 Å². The number of benzene rings is 1. The molecule has 1 aromatic carbocycles. The molecule has 7 N–H and O–H groups in total. The van der Waals surface area contributed by atoms with E-state index in [1.807, 2.05) is 0 Å². The quantitative estimate of drug-likeness (QED) is 0.284. The molecule has 1 aromatic rings. The van der Waals surface area contributed by atoms with Gasteiger partial charge in [-0.2, -0.15) is 0 Å². The Balaban J connectivity index is 1.56. The molecule has 0 bridgehead atoms. The lowest BCUT2D eigenvalue weighted by molar-refractivity contribution is -0.153. The molecule has 0 spiro atoms.